The third-order valence-corrected chi connectivity index (χ3v) is 5.61. The smallest absolute Gasteiger partial charge is 0.263 e. The molecule has 1 aromatic carbocycles. The fourth-order valence-electron chi connectivity index (χ4n) is 3.54. The van der Waals surface area contributed by atoms with E-state index in [4.69, 9.17) is 4.74 Å². The Morgan fingerprint density at radius 3 is 2.63 bits per heavy atom. The second-order valence-electron chi connectivity index (χ2n) is 6.93. The summed E-state index contributed by atoms with van der Waals surface area (Å²) in [5.41, 5.74) is 1.66. The molecule has 27 heavy (non-hydrogen) atoms. The molecule has 3 aromatic rings. The Morgan fingerprint density at radius 1 is 1.22 bits per heavy atom. The lowest BCUT2D eigenvalue weighted by atomic mass is 10.1. The predicted octanol–water partition coefficient (Wildman–Crippen LogP) is 2.76. The van der Waals surface area contributed by atoms with Crippen molar-refractivity contribution in [3.63, 3.8) is 0 Å². The van der Waals surface area contributed by atoms with E-state index in [2.05, 4.69) is 4.98 Å². The monoisotopic (exact) mass is 383 g/mol. The van der Waals surface area contributed by atoms with Gasteiger partial charge in [-0.25, -0.2) is 4.98 Å². The SMILES string of the molecule is C[C@@H]1CN(C(=O)Cn2cnc3scc(-c4ccccc4)c3c2=O)C[C@H](C)O1. The number of aromatic nitrogens is 2. The normalized spacial score (nSPS) is 20.1. The Labute approximate surface area is 161 Å². The fraction of sp³-hybridized carbons (Fsp3) is 0.350. The van der Waals surface area contributed by atoms with E-state index >= 15 is 0 Å². The first-order valence-electron chi connectivity index (χ1n) is 8.98. The molecule has 0 spiro atoms. The summed E-state index contributed by atoms with van der Waals surface area (Å²) in [5.74, 6) is -0.0864. The summed E-state index contributed by atoms with van der Waals surface area (Å²) < 4.78 is 7.09. The summed E-state index contributed by atoms with van der Waals surface area (Å²) in [7, 11) is 0. The lowest BCUT2D eigenvalue weighted by molar-refractivity contribution is -0.143. The Bertz CT molecular complexity index is 1020. The summed E-state index contributed by atoms with van der Waals surface area (Å²) in [6, 6.07) is 9.77. The van der Waals surface area contributed by atoms with Crippen molar-refractivity contribution in [2.45, 2.75) is 32.6 Å². The van der Waals surface area contributed by atoms with Crippen LogP contribution in [0.2, 0.25) is 0 Å². The molecule has 1 amide bonds. The van der Waals surface area contributed by atoms with Crippen LogP contribution in [0.4, 0.5) is 0 Å². The molecule has 2 aromatic heterocycles. The number of rotatable bonds is 3. The Balaban J connectivity index is 1.66. The van der Waals surface area contributed by atoms with Gasteiger partial charge in [-0.3, -0.25) is 14.2 Å². The summed E-state index contributed by atoms with van der Waals surface area (Å²) in [6.45, 7) is 4.98. The van der Waals surface area contributed by atoms with Crippen LogP contribution in [0, 0.1) is 0 Å². The van der Waals surface area contributed by atoms with Crippen LogP contribution in [-0.2, 0) is 16.1 Å². The van der Waals surface area contributed by atoms with Gasteiger partial charge >= 0.3 is 0 Å². The maximum Gasteiger partial charge on any atom is 0.263 e. The lowest BCUT2D eigenvalue weighted by Crippen LogP contribution is -2.49. The average Bonchev–Trinajstić information content (AvgIpc) is 3.09. The molecular weight excluding hydrogens is 362 g/mol. The molecule has 0 radical (unpaired) electrons. The van der Waals surface area contributed by atoms with Crippen molar-refractivity contribution in [3.8, 4) is 11.1 Å². The van der Waals surface area contributed by atoms with Gasteiger partial charge in [0.1, 0.15) is 11.4 Å². The third kappa shape index (κ3) is 3.52. The van der Waals surface area contributed by atoms with Gasteiger partial charge in [-0.1, -0.05) is 30.3 Å². The van der Waals surface area contributed by atoms with Crippen LogP contribution < -0.4 is 5.56 Å². The number of hydrogen-bond donors (Lipinski definition) is 0. The zero-order valence-electron chi connectivity index (χ0n) is 15.3. The molecule has 3 heterocycles. The fourth-order valence-corrected chi connectivity index (χ4v) is 4.44. The number of morpholine rings is 1. The van der Waals surface area contributed by atoms with Gasteiger partial charge in [0, 0.05) is 24.0 Å². The van der Waals surface area contributed by atoms with E-state index in [1.807, 2.05) is 49.6 Å². The van der Waals surface area contributed by atoms with Crippen LogP contribution in [0.15, 0.2) is 46.8 Å². The molecule has 2 atom stereocenters. The summed E-state index contributed by atoms with van der Waals surface area (Å²) in [6.07, 6.45) is 1.47. The van der Waals surface area contributed by atoms with Crippen LogP contribution in [0.25, 0.3) is 21.3 Å². The number of hydrogen-bond acceptors (Lipinski definition) is 5. The number of thiophene rings is 1. The van der Waals surface area contributed by atoms with Gasteiger partial charge in [0.15, 0.2) is 0 Å². The van der Waals surface area contributed by atoms with Crippen molar-refractivity contribution in [2.24, 2.45) is 0 Å². The summed E-state index contributed by atoms with van der Waals surface area (Å²) in [5, 5.41) is 2.52. The van der Waals surface area contributed by atoms with E-state index in [-0.39, 0.29) is 30.2 Å². The molecule has 1 saturated heterocycles. The maximum atomic E-state index is 13.1. The van der Waals surface area contributed by atoms with Crippen molar-refractivity contribution in [3.05, 3.63) is 52.4 Å². The first kappa shape index (κ1) is 17.9. The zero-order valence-corrected chi connectivity index (χ0v) is 16.1. The molecular formula is C20H21N3O3S. The summed E-state index contributed by atoms with van der Waals surface area (Å²) >= 11 is 1.44. The predicted molar refractivity (Wildman–Crippen MR) is 106 cm³/mol. The molecule has 1 aliphatic rings. The highest BCUT2D eigenvalue weighted by molar-refractivity contribution is 7.17. The molecule has 1 fully saturated rings. The number of ether oxygens (including phenoxy) is 1. The van der Waals surface area contributed by atoms with E-state index in [1.165, 1.54) is 22.2 Å². The summed E-state index contributed by atoms with van der Waals surface area (Å²) in [4.78, 5) is 32.6. The Morgan fingerprint density at radius 2 is 1.93 bits per heavy atom. The number of carbonyl (C=O) groups excluding carboxylic acids is 1. The number of fused-ring (bicyclic) bond motifs is 1. The van der Waals surface area contributed by atoms with Gasteiger partial charge in [0.2, 0.25) is 5.91 Å². The second kappa shape index (κ2) is 7.25. The van der Waals surface area contributed by atoms with Crippen molar-refractivity contribution in [1.29, 1.82) is 0 Å². The van der Waals surface area contributed by atoms with Gasteiger partial charge in [-0.2, -0.15) is 0 Å². The molecule has 0 saturated carbocycles. The van der Waals surface area contributed by atoms with Crippen molar-refractivity contribution in [1.82, 2.24) is 14.5 Å². The highest BCUT2D eigenvalue weighted by atomic mass is 32.1. The van der Waals surface area contributed by atoms with E-state index in [0.29, 0.717) is 23.3 Å². The molecule has 1 aliphatic heterocycles. The Kier molecular flexibility index (Phi) is 4.80. The number of nitrogens with zero attached hydrogens (tertiary/aromatic N) is 3. The van der Waals surface area contributed by atoms with Crippen molar-refractivity contribution >= 4 is 27.5 Å². The van der Waals surface area contributed by atoms with Gasteiger partial charge in [0.25, 0.3) is 5.56 Å². The standard InChI is InChI=1S/C20H21N3O3S/c1-13-8-22(9-14(2)26-13)17(24)10-23-12-21-19-18(20(23)25)16(11-27-19)15-6-4-3-5-7-15/h3-7,11-14H,8-10H2,1-2H3/t13-,14+. The third-order valence-electron chi connectivity index (χ3n) is 4.72. The van der Waals surface area contributed by atoms with Crippen molar-refractivity contribution in [2.75, 3.05) is 13.1 Å². The number of amides is 1. The van der Waals surface area contributed by atoms with Crippen LogP contribution >= 0.6 is 11.3 Å². The zero-order chi connectivity index (χ0) is 19.0. The first-order valence-corrected chi connectivity index (χ1v) is 9.86. The molecule has 0 bridgehead atoms. The largest absolute Gasteiger partial charge is 0.372 e. The van der Waals surface area contributed by atoms with Gasteiger partial charge in [-0.15, -0.1) is 11.3 Å². The topological polar surface area (TPSA) is 64.4 Å². The highest BCUT2D eigenvalue weighted by Gasteiger charge is 2.26. The molecule has 140 valence electrons. The van der Waals surface area contributed by atoms with Crippen LogP contribution in [0.3, 0.4) is 0 Å². The molecule has 7 heteroatoms. The number of carbonyl (C=O) groups is 1. The minimum Gasteiger partial charge on any atom is -0.372 e. The van der Waals surface area contributed by atoms with Crippen LogP contribution in [-0.4, -0.2) is 45.7 Å². The number of benzene rings is 1. The van der Waals surface area contributed by atoms with Gasteiger partial charge in [0.05, 0.1) is 23.9 Å². The van der Waals surface area contributed by atoms with E-state index in [1.54, 1.807) is 4.90 Å². The molecule has 6 nitrogen and oxygen atoms in total. The average molecular weight is 383 g/mol. The van der Waals surface area contributed by atoms with E-state index in [9.17, 15) is 9.59 Å². The minimum atomic E-state index is -0.178. The lowest BCUT2D eigenvalue weighted by Gasteiger charge is -2.35. The Hall–Kier alpha value is -2.51. The second-order valence-corrected chi connectivity index (χ2v) is 7.79. The van der Waals surface area contributed by atoms with Gasteiger partial charge < -0.3 is 9.64 Å². The van der Waals surface area contributed by atoms with Crippen molar-refractivity contribution < 1.29 is 9.53 Å². The van der Waals surface area contributed by atoms with Crippen LogP contribution in [0.1, 0.15) is 13.8 Å². The van der Waals surface area contributed by atoms with E-state index < -0.39 is 0 Å². The van der Waals surface area contributed by atoms with Gasteiger partial charge in [-0.05, 0) is 19.4 Å². The highest BCUT2D eigenvalue weighted by Crippen LogP contribution is 2.30. The first-order chi connectivity index (χ1) is 13.0. The van der Waals surface area contributed by atoms with Crippen LogP contribution in [0.5, 0.6) is 0 Å². The maximum absolute atomic E-state index is 13.1. The molecule has 0 aliphatic carbocycles. The molecule has 0 unspecified atom stereocenters. The molecule has 0 N–H and O–H groups in total. The quantitative estimate of drug-likeness (QED) is 0.698. The molecule has 4 rings (SSSR count). The van der Waals surface area contributed by atoms with E-state index in [0.717, 1.165) is 11.1 Å². The minimum absolute atomic E-state index is 0.00316.